The SMILES string of the molecule is C=C(C)OC(=O)C1OC(OC(=O)C2(c3ccc(-c4ccc(-c5snc(C)c5NC(=O)O[C@H](C)c5ccccc5)cc4)cc3)CC2)C(O)C(O)C1O. The number of amides is 1. The van der Waals surface area contributed by atoms with Crippen LogP contribution < -0.4 is 5.32 Å². The van der Waals surface area contributed by atoms with Crippen LogP contribution in [-0.4, -0.2) is 68.4 Å². The molecule has 2 aliphatic rings. The maximum absolute atomic E-state index is 13.4. The number of aryl methyl sites for hydroxylation is 1. The molecule has 12 nitrogen and oxygen atoms in total. The molecule has 1 amide bonds. The van der Waals surface area contributed by atoms with E-state index in [9.17, 15) is 29.7 Å². The van der Waals surface area contributed by atoms with E-state index in [1.54, 1.807) is 0 Å². The standard InChI is InChI=1S/C38H38N2O10S/c1-20(2)47-34(44)32-30(42)29(41)31(43)35(49-32)50-36(45)38(18-19-38)27-16-14-25(15-17-27)24-10-12-26(13-11-24)33-28(21(3)40-51-33)39-37(46)48-22(4)23-8-6-5-7-9-23/h5-17,22,29-32,35,41-43H,1,18-19H2,2-4H3,(H,39,46)/t22-,29?,30?,31?,32?,35?/m1/s1. The van der Waals surface area contributed by atoms with Gasteiger partial charge in [0.05, 0.1) is 27.4 Å². The van der Waals surface area contributed by atoms with Gasteiger partial charge in [-0.15, -0.1) is 0 Å². The summed E-state index contributed by atoms with van der Waals surface area (Å²) in [6, 6.07) is 24.7. The molecule has 1 saturated heterocycles. The van der Waals surface area contributed by atoms with Gasteiger partial charge in [0, 0.05) is 0 Å². The van der Waals surface area contributed by atoms with Crippen LogP contribution in [0.3, 0.4) is 0 Å². The number of esters is 2. The minimum atomic E-state index is -1.83. The van der Waals surface area contributed by atoms with Crippen molar-refractivity contribution in [1.82, 2.24) is 4.37 Å². The number of nitrogens with zero attached hydrogens (tertiary/aromatic N) is 1. The Hall–Kier alpha value is -4.92. The zero-order valence-electron chi connectivity index (χ0n) is 28.1. The molecule has 13 heteroatoms. The Labute approximate surface area is 298 Å². The van der Waals surface area contributed by atoms with Crippen molar-refractivity contribution in [3.63, 3.8) is 0 Å². The number of rotatable bonds is 10. The topological polar surface area (TPSA) is 174 Å². The van der Waals surface area contributed by atoms with E-state index in [1.807, 2.05) is 92.7 Å². The van der Waals surface area contributed by atoms with E-state index >= 15 is 0 Å². The number of allylic oxidation sites excluding steroid dienone is 1. The monoisotopic (exact) mass is 714 g/mol. The van der Waals surface area contributed by atoms with Crippen molar-refractivity contribution < 1.29 is 48.7 Å². The molecular formula is C38H38N2O10S. The van der Waals surface area contributed by atoms with Crippen LogP contribution in [0.15, 0.2) is 91.2 Å². The quantitative estimate of drug-likeness (QED) is 0.0921. The molecule has 4 aromatic rings. The van der Waals surface area contributed by atoms with Gasteiger partial charge in [-0.25, -0.2) is 9.59 Å². The molecule has 1 aliphatic carbocycles. The zero-order chi connectivity index (χ0) is 36.4. The molecule has 0 bridgehead atoms. The molecule has 6 atom stereocenters. The summed E-state index contributed by atoms with van der Waals surface area (Å²) in [7, 11) is 0. The molecule has 1 aromatic heterocycles. The lowest BCUT2D eigenvalue weighted by atomic mass is 9.93. The molecule has 0 spiro atoms. The summed E-state index contributed by atoms with van der Waals surface area (Å²) in [5.41, 5.74) is 4.54. The molecule has 1 saturated carbocycles. The Bertz CT molecular complexity index is 1910. The number of anilines is 1. The van der Waals surface area contributed by atoms with E-state index in [0.29, 0.717) is 29.8 Å². The molecule has 1 aliphatic heterocycles. The minimum Gasteiger partial charge on any atom is -0.441 e. The lowest BCUT2D eigenvalue weighted by molar-refractivity contribution is -0.287. The van der Waals surface area contributed by atoms with Gasteiger partial charge in [0.1, 0.15) is 24.4 Å². The first-order valence-corrected chi connectivity index (χ1v) is 17.1. The van der Waals surface area contributed by atoms with Crippen LogP contribution in [0.2, 0.25) is 0 Å². The predicted molar refractivity (Wildman–Crippen MR) is 187 cm³/mol. The molecule has 5 unspecified atom stereocenters. The Morgan fingerprint density at radius 3 is 2.14 bits per heavy atom. The highest BCUT2D eigenvalue weighted by molar-refractivity contribution is 7.10. The first kappa shape index (κ1) is 35.9. The number of aromatic nitrogens is 1. The largest absolute Gasteiger partial charge is 0.441 e. The number of nitrogens with one attached hydrogen (secondary N) is 1. The Morgan fingerprint density at radius 2 is 1.53 bits per heavy atom. The van der Waals surface area contributed by atoms with E-state index in [-0.39, 0.29) is 5.76 Å². The summed E-state index contributed by atoms with van der Waals surface area (Å²) in [6.45, 7) is 8.52. The highest BCUT2D eigenvalue weighted by Crippen LogP contribution is 2.50. The summed E-state index contributed by atoms with van der Waals surface area (Å²) in [5.74, 6) is -1.70. The second-order valence-corrected chi connectivity index (χ2v) is 13.5. The fourth-order valence-electron chi connectivity index (χ4n) is 5.92. The highest BCUT2D eigenvalue weighted by atomic mass is 32.1. The molecule has 0 radical (unpaired) electrons. The molecule has 51 heavy (non-hydrogen) atoms. The summed E-state index contributed by atoms with van der Waals surface area (Å²) >= 11 is 1.28. The van der Waals surface area contributed by atoms with Crippen molar-refractivity contribution in [3.05, 3.63) is 108 Å². The maximum atomic E-state index is 13.4. The Kier molecular flexibility index (Phi) is 10.4. The van der Waals surface area contributed by atoms with Crippen molar-refractivity contribution in [2.45, 2.75) is 75.8 Å². The normalized spacial score (nSPS) is 22.7. The number of hydrogen-bond acceptors (Lipinski definition) is 12. The summed E-state index contributed by atoms with van der Waals surface area (Å²) in [4.78, 5) is 39.3. The number of hydrogen-bond donors (Lipinski definition) is 4. The van der Waals surface area contributed by atoms with Crippen LogP contribution in [0.25, 0.3) is 21.6 Å². The van der Waals surface area contributed by atoms with Crippen LogP contribution >= 0.6 is 11.5 Å². The van der Waals surface area contributed by atoms with E-state index < -0.39 is 60.3 Å². The second kappa shape index (κ2) is 14.7. The second-order valence-electron chi connectivity index (χ2n) is 12.7. The average Bonchev–Trinajstić information content (AvgIpc) is 3.86. The Balaban J connectivity index is 1.11. The lowest BCUT2D eigenvalue weighted by Crippen LogP contribution is -2.61. The number of benzene rings is 3. The van der Waals surface area contributed by atoms with Gasteiger partial charge in [0.25, 0.3) is 0 Å². The average molecular weight is 715 g/mol. The molecular weight excluding hydrogens is 676 g/mol. The molecule has 2 heterocycles. The van der Waals surface area contributed by atoms with Gasteiger partial charge in [-0.1, -0.05) is 85.4 Å². The van der Waals surface area contributed by atoms with Gasteiger partial charge in [0.15, 0.2) is 6.10 Å². The third kappa shape index (κ3) is 7.58. The fraction of sp³-hybridized carbons (Fsp3) is 0.316. The predicted octanol–water partition coefficient (Wildman–Crippen LogP) is 5.55. The summed E-state index contributed by atoms with van der Waals surface area (Å²) < 4.78 is 25.8. The maximum Gasteiger partial charge on any atom is 0.412 e. The zero-order valence-corrected chi connectivity index (χ0v) is 29.0. The highest BCUT2D eigenvalue weighted by Gasteiger charge is 2.56. The number of aliphatic hydroxyl groups is 3. The molecule has 4 N–H and O–H groups in total. The van der Waals surface area contributed by atoms with Crippen molar-refractivity contribution in [2.75, 3.05) is 5.32 Å². The van der Waals surface area contributed by atoms with Gasteiger partial charge >= 0.3 is 18.0 Å². The first-order chi connectivity index (χ1) is 24.4. The van der Waals surface area contributed by atoms with E-state index in [2.05, 4.69) is 16.3 Å². The number of ether oxygens (including phenoxy) is 4. The number of carbonyl (C=O) groups excluding carboxylic acids is 3. The van der Waals surface area contributed by atoms with E-state index in [4.69, 9.17) is 18.9 Å². The molecule has 3 aromatic carbocycles. The van der Waals surface area contributed by atoms with Gasteiger partial charge < -0.3 is 34.3 Å². The van der Waals surface area contributed by atoms with Crippen molar-refractivity contribution >= 4 is 35.3 Å². The van der Waals surface area contributed by atoms with Crippen LogP contribution in [0, 0.1) is 6.92 Å². The van der Waals surface area contributed by atoms with Crippen LogP contribution in [0.5, 0.6) is 0 Å². The van der Waals surface area contributed by atoms with Gasteiger partial charge in [-0.2, -0.15) is 4.37 Å². The minimum absolute atomic E-state index is 0.0336. The molecule has 6 rings (SSSR count). The lowest BCUT2D eigenvalue weighted by Gasteiger charge is -2.39. The van der Waals surface area contributed by atoms with Gasteiger partial charge in [-0.3, -0.25) is 10.1 Å². The fourth-order valence-corrected chi connectivity index (χ4v) is 6.77. The van der Waals surface area contributed by atoms with Crippen molar-refractivity contribution in [1.29, 1.82) is 0 Å². The smallest absolute Gasteiger partial charge is 0.412 e. The van der Waals surface area contributed by atoms with Gasteiger partial charge in [-0.05, 0) is 73.0 Å². The number of carbonyl (C=O) groups is 3. The molecule has 266 valence electrons. The Morgan fingerprint density at radius 1 is 0.922 bits per heavy atom. The third-order valence-corrected chi connectivity index (χ3v) is 9.99. The third-order valence-electron chi connectivity index (χ3n) is 9.00. The van der Waals surface area contributed by atoms with Gasteiger partial charge in [0.2, 0.25) is 6.29 Å². The van der Waals surface area contributed by atoms with Crippen molar-refractivity contribution in [3.8, 4) is 21.6 Å². The molecule has 2 fully saturated rings. The summed E-state index contributed by atoms with van der Waals surface area (Å²) in [6.07, 6.45) is -8.87. The van der Waals surface area contributed by atoms with E-state index in [0.717, 1.165) is 27.1 Å². The van der Waals surface area contributed by atoms with E-state index in [1.165, 1.54) is 18.5 Å². The summed E-state index contributed by atoms with van der Waals surface area (Å²) in [5, 5.41) is 33.9. The van der Waals surface area contributed by atoms with Crippen LogP contribution in [-0.2, 0) is 34.0 Å². The van der Waals surface area contributed by atoms with Crippen LogP contribution in [0.4, 0.5) is 10.5 Å². The first-order valence-electron chi connectivity index (χ1n) is 16.4. The number of aliphatic hydroxyl groups excluding tert-OH is 3. The van der Waals surface area contributed by atoms with Crippen molar-refractivity contribution in [2.24, 2.45) is 0 Å². The van der Waals surface area contributed by atoms with Crippen LogP contribution in [0.1, 0.15) is 49.6 Å².